The normalized spacial score (nSPS) is 16.2. The fourth-order valence-corrected chi connectivity index (χ4v) is 3.95. The van der Waals surface area contributed by atoms with Crippen LogP contribution in [0.1, 0.15) is 28.9 Å². The van der Waals surface area contributed by atoms with Crippen LogP contribution in [0.5, 0.6) is 0 Å². The highest BCUT2D eigenvalue weighted by molar-refractivity contribution is 5.94. The molecule has 0 spiro atoms. The zero-order valence-electron chi connectivity index (χ0n) is 18.1. The number of pyridine rings is 1. The van der Waals surface area contributed by atoms with Crippen molar-refractivity contribution in [2.24, 2.45) is 5.92 Å². The van der Waals surface area contributed by atoms with Crippen molar-refractivity contribution in [3.63, 3.8) is 0 Å². The molecule has 8 heteroatoms. The second-order valence-corrected chi connectivity index (χ2v) is 8.44. The molecule has 1 N–H and O–H groups in total. The van der Waals surface area contributed by atoms with E-state index >= 15 is 0 Å². The summed E-state index contributed by atoms with van der Waals surface area (Å²) < 4.78 is 7.49. The van der Waals surface area contributed by atoms with Gasteiger partial charge < -0.3 is 19.5 Å². The first kappa shape index (κ1) is 20.6. The lowest BCUT2D eigenvalue weighted by Crippen LogP contribution is -2.37. The number of hydrogen-bond acceptors (Lipinski definition) is 6. The molecule has 166 valence electrons. The minimum atomic E-state index is -0.0446. The minimum Gasteiger partial charge on any atom is -0.378 e. The quantitative estimate of drug-likeness (QED) is 0.589. The predicted octanol–water partition coefficient (Wildman–Crippen LogP) is 2.56. The Morgan fingerprint density at radius 2 is 1.84 bits per heavy atom. The maximum Gasteiger partial charge on any atom is 0.267 e. The fraction of sp³-hybridized carbons (Fsp3) is 0.417. The minimum absolute atomic E-state index is 0.0446. The first-order chi connectivity index (χ1) is 15.8. The highest BCUT2D eigenvalue weighted by Gasteiger charge is 2.25. The maximum atomic E-state index is 13.0. The molecule has 0 bridgehead atoms. The lowest BCUT2D eigenvalue weighted by Gasteiger charge is -2.26. The molecule has 2 aliphatic rings. The van der Waals surface area contributed by atoms with Crippen LogP contribution in [0.15, 0.2) is 49.2 Å². The average Bonchev–Trinajstić information content (AvgIpc) is 3.56. The van der Waals surface area contributed by atoms with E-state index in [0.717, 1.165) is 48.7 Å². The fourth-order valence-electron chi connectivity index (χ4n) is 3.95. The topological polar surface area (TPSA) is 85.2 Å². The molecule has 1 aliphatic heterocycles. The summed E-state index contributed by atoms with van der Waals surface area (Å²) in [6, 6.07) is 5.90. The van der Waals surface area contributed by atoms with Gasteiger partial charge in [-0.25, -0.2) is 9.97 Å². The molecule has 1 saturated heterocycles. The van der Waals surface area contributed by atoms with E-state index in [0.29, 0.717) is 31.4 Å². The van der Waals surface area contributed by atoms with Crippen LogP contribution < -0.4 is 10.2 Å². The molecule has 0 radical (unpaired) electrons. The molecule has 0 aromatic carbocycles. The molecule has 1 amide bonds. The van der Waals surface area contributed by atoms with Crippen molar-refractivity contribution in [1.82, 2.24) is 24.8 Å². The summed E-state index contributed by atoms with van der Waals surface area (Å²) in [6.07, 6.45) is 12.5. The molecule has 5 rings (SSSR count). The van der Waals surface area contributed by atoms with Crippen molar-refractivity contribution in [1.29, 1.82) is 0 Å². The number of rotatable bonds is 8. The summed E-state index contributed by atoms with van der Waals surface area (Å²) in [5.74, 6) is 1.35. The lowest BCUT2D eigenvalue weighted by molar-refractivity contribution is 0.0944. The Labute approximate surface area is 187 Å². The third-order valence-corrected chi connectivity index (χ3v) is 6.00. The number of amides is 1. The first-order valence-electron chi connectivity index (χ1n) is 11.3. The van der Waals surface area contributed by atoms with Gasteiger partial charge in [0.05, 0.1) is 13.2 Å². The Hall–Kier alpha value is -3.26. The largest absolute Gasteiger partial charge is 0.378 e. The number of nitrogens with zero attached hydrogens (tertiary/aromatic N) is 5. The van der Waals surface area contributed by atoms with Crippen molar-refractivity contribution in [2.75, 3.05) is 37.7 Å². The van der Waals surface area contributed by atoms with E-state index in [1.807, 2.05) is 30.6 Å². The van der Waals surface area contributed by atoms with E-state index in [2.05, 4.69) is 35.9 Å². The standard InChI is InChI=1S/C24H28N6O2/c31-23(26-8-5-18-3-6-25-7-4-18)22-13-20(17-30(22)16-19-1-2-19)21-14-27-24(28-15-21)29-9-11-32-12-10-29/h3-4,6-7,13-15,17,19H,1-2,5,8-12,16H2,(H,26,31). The van der Waals surface area contributed by atoms with E-state index in [-0.39, 0.29) is 5.91 Å². The van der Waals surface area contributed by atoms with Crippen LogP contribution in [0.25, 0.3) is 11.1 Å². The molecule has 4 heterocycles. The van der Waals surface area contributed by atoms with Crippen LogP contribution in [-0.2, 0) is 17.7 Å². The average molecular weight is 433 g/mol. The zero-order chi connectivity index (χ0) is 21.8. The van der Waals surface area contributed by atoms with Gasteiger partial charge in [-0.05, 0) is 48.9 Å². The summed E-state index contributed by atoms with van der Waals surface area (Å²) in [5, 5.41) is 3.07. The monoisotopic (exact) mass is 432 g/mol. The van der Waals surface area contributed by atoms with Gasteiger partial charge in [0.25, 0.3) is 5.91 Å². The number of aromatic nitrogens is 4. The SMILES string of the molecule is O=C(NCCc1ccncc1)c1cc(-c2cnc(N3CCOCC3)nc2)cn1CC1CC1. The van der Waals surface area contributed by atoms with E-state index in [1.165, 1.54) is 12.8 Å². The summed E-state index contributed by atoms with van der Waals surface area (Å²) >= 11 is 0. The number of ether oxygens (including phenoxy) is 1. The Bertz CT molecular complexity index is 1040. The summed E-state index contributed by atoms with van der Waals surface area (Å²) in [5.41, 5.74) is 3.74. The van der Waals surface area contributed by atoms with Crippen LogP contribution in [0, 0.1) is 5.92 Å². The van der Waals surface area contributed by atoms with E-state index in [1.54, 1.807) is 12.4 Å². The molecular weight excluding hydrogens is 404 g/mol. The van der Waals surface area contributed by atoms with Crippen LogP contribution in [0.4, 0.5) is 5.95 Å². The maximum absolute atomic E-state index is 13.0. The molecule has 8 nitrogen and oxygen atoms in total. The van der Waals surface area contributed by atoms with Crippen LogP contribution in [-0.4, -0.2) is 58.3 Å². The van der Waals surface area contributed by atoms with E-state index < -0.39 is 0 Å². The van der Waals surface area contributed by atoms with Crippen molar-refractivity contribution in [2.45, 2.75) is 25.8 Å². The molecule has 3 aromatic heterocycles. The van der Waals surface area contributed by atoms with Gasteiger partial charge in [0.15, 0.2) is 0 Å². The van der Waals surface area contributed by atoms with Crippen LogP contribution in [0.3, 0.4) is 0 Å². The molecule has 1 aliphatic carbocycles. The molecule has 32 heavy (non-hydrogen) atoms. The smallest absolute Gasteiger partial charge is 0.267 e. The number of nitrogens with one attached hydrogen (secondary N) is 1. The third kappa shape index (κ3) is 4.96. The van der Waals surface area contributed by atoms with Crippen molar-refractivity contribution in [3.8, 4) is 11.1 Å². The van der Waals surface area contributed by atoms with E-state index in [9.17, 15) is 4.79 Å². The summed E-state index contributed by atoms with van der Waals surface area (Å²) in [6.45, 7) is 4.48. The summed E-state index contributed by atoms with van der Waals surface area (Å²) in [4.78, 5) is 28.3. The molecule has 0 atom stereocenters. The number of hydrogen-bond donors (Lipinski definition) is 1. The zero-order valence-corrected chi connectivity index (χ0v) is 18.1. The van der Waals surface area contributed by atoms with Crippen molar-refractivity contribution in [3.05, 3.63) is 60.4 Å². The Kier molecular flexibility index (Phi) is 6.11. The lowest BCUT2D eigenvalue weighted by atomic mass is 10.2. The van der Waals surface area contributed by atoms with Gasteiger partial charge in [-0.3, -0.25) is 9.78 Å². The van der Waals surface area contributed by atoms with Crippen molar-refractivity contribution < 1.29 is 9.53 Å². The Morgan fingerprint density at radius 1 is 1.09 bits per heavy atom. The molecular formula is C24H28N6O2. The first-order valence-corrected chi connectivity index (χ1v) is 11.3. The number of anilines is 1. The van der Waals surface area contributed by atoms with Gasteiger partial charge in [0.2, 0.25) is 5.95 Å². The Balaban J connectivity index is 1.29. The molecule has 0 unspecified atom stereocenters. The van der Waals surface area contributed by atoms with Crippen LogP contribution >= 0.6 is 0 Å². The molecule has 1 saturated carbocycles. The van der Waals surface area contributed by atoms with Crippen molar-refractivity contribution >= 4 is 11.9 Å². The Morgan fingerprint density at radius 3 is 2.56 bits per heavy atom. The van der Waals surface area contributed by atoms with Gasteiger partial charge in [-0.15, -0.1) is 0 Å². The second kappa shape index (κ2) is 9.48. The van der Waals surface area contributed by atoms with Gasteiger partial charge in [-0.1, -0.05) is 0 Å². The molecule has 2 fully saturated rings. The van der Waals surface area contributed by atoms with Crippen LogP contribution in [0.2, 0.25) is 0 Å². The number of carbonyl (C=O) groups excluding carboxylic acids is 1. The van der Waals surface area contributed by atoms with Gasteiger partial charge in [0, 0.05) is 68.3 Å². The predicted molar refractivity (Wildman–Crippen MR) is 121 cm³/mol. The highest BCUT2D eigenvalue weighted by atomic mass is 16.5. The van der Waals surface area contributed by atoms with Gasteiger partial charge in [-0.2, -0.15) is 0 Å². The van der Waals surface area contributed by atoms with Gasteiger partial charge >= 0.3 is 0 Å². The van der Waals surface area contributed by atoms with Gasteiger partial charge in [0.1, 0.15) is 5.69 Å². The number of carbonyl (C=O) groups is 1. The van der Waals surface area contributed by atoms with E-state index in [4.69, 9.17) is 4.74 Å². The highest BCUT2D eigenvalue weighted by Crippen LogP contribution is 2.32. The second-order valence-electron chi connectivity index (χ2n) is 8.44. The molecule has 3 aromatic rings. The third-order valence-electron chi connectivity index (χ3n) is 6.00. The number of morpholine rings is 1. The summed E-state index contributed by atoms with van der Waals surface area (Å²) in [7, 11) is 0.